The lowest BCUT2D eigenvalue weighted by molar-refractivity contribution is -0.0200. The van der Waals surface area contributed by atoms with Crippen LogP contribution in [0.15, 0.2) is 59.1 Å². The number of anilines is 1. The molecule has 7 nitrogen and oxygen atoms in total. The van der Waals surface area contributed by atoms with E-state index in [2.05, 4.69) is 27.5 Å². The molecule has 0 radical (unpaired) electrons. The van der Waals surface area contributed by atoms with Crippen LogP contribution in [0.5, 0.6) is 11.5 Å². The number of aryl methyl sites for hydroxylation is 1. The minimum absolute atomic E-state index is 0.103. The monoisotopic (exact) mass is 466 g/mol. The second-order valence-corrected chi connectivity index (χ2v) is 9.52. The molecule has 33 heavy (non-hydrogen) atoms. The fraction of sp³-hybridized carbons (Fsp3) is 0.360. The van der Waals surface area contributed by atoms with Crippen LogP contribution in [0.4, 0.5) is 10.6 Å². The first-order valence-electron chi connectivity index (χ1n) is 11.2. The molecule has 2 aliphatic heterocycles. The Balaban J connectivity index is 1.10. The molecule has 0 atom stereocenters. The van der Waals surface area contributed by atoms with Crippen LogP contribution in [0, 0.1) is 12.3 Å². The van der Waals surface area contributed by atoms with Crippen LogP contribution in [0.2, 0.25) is 5.02 Å². The van der Waals surface area contributed by atoms with E-state index in [0.717, 1.165) is 57.1 Å². The Kier molecular flexibility index (Phi) is 6.00. The minimum Gasteiger partial charge on any atom is -0.457 e. The van der Waals surface area contributed by atoms with Gasteiger partial charge in [0.15, 0.2) is 5.82 Å². The number of benzene rings is 2. The van der Waals surface area contributed by atoms with Gasteiger partial charge < -0.3 is 14.2 Å². The van der Waals surface area contributed by atoms with Gasteiger partial charge in [0.2, 0.25) is 0 Å². The van der Waals surface area contributed by atoms with Crippen LogP contribution in [0.3, 0.4) is 0 Å². The van der Waals surface area contributed by atoms with Gasteiger partial charge in [-0.15, -0.1) is 0 Å². The summed E-state index contributed by atoms with van der Waals surface area (Å²) in [4.78, 5) is 16.8. The van der Waals surface area contributed by atoms with Crippen molar-refractivity contribution in [3.8, 4) is 11.5 Å². The summed E-state index contributed by atoms with van der Waals surface area (Å²) in [7, 11) is 0. The highest BCUT2D eigenvalue weighted by molar-refractivity contribution is 6.30. The average molecular weight is 467 g/mol. The van der Waals surface area contributed by atoms with Crippen molar-refractivity contribution in [3.63, 3.8) is 0 Å². The SMILES string of the molecule is Cc1cc(NC(=O)N2CC3(CCN(Cc4cccc(Oc5ccc(Cl)cc5)c4)CC3)C2)no1. The second-order valence-electron chi connectivity index (χ2n) is 9.09. The third-order valence-electron chi connectivity index (χ3n) is 6.47. The predicted molar refractivity (Wildman–Crippen MR) is 127 cm³/mol. The fourth-order valence-electron chi connectivity index (χ4n) is 4.63. The molecule has 2 aliphatic rings. The first kappa shape index (κ1) is 21.8. The summed E-state index contributed by atoms with van der Waals surface area (Å²) in [6.07, 6.45) is 2.20. The Morgan fingerprint density at radius 2 is 1.88 bits per heavy atom. The van der Waals surface area contributed by atoms with Crippen LogP contribution >= 0.6 is 11.6 Å². The van der Waals surface area contributed by atoms with Gasteiger partial charge in [0.1, 0.15) is 17.3 Å². The molecule has 2 saturated heterocycles. The quantitative estimate of drug-likeness (QED) is 0.533. The number of hydrogen-bond donors (Lipinski definition) is 1. The normalized spacial score (nSPS) is 17.6. The number of nitrogens with one attached hydrogen (secondary N) is 1. The highest BCUT2D eigenvalue weighted by atomic mass is 35.5. The Bertz CT molecular complexity index is 1110. The van der Waals surface area contributed by atoms with Gasteiger partial charge in [0.05, 0.1) is 0 Å². The number of aromatic nitrogens is 1. The third-order valence-corrected chi connectivity index (χ3v) is 6.73. The van der Waals surface area contributed by atoms with Crippen molar-refractivity contribution >= 4 is 23.4 Å². The number of hydrogen-bond acceptors (Lipinski definition) is 5. The molecule has 3 heterocycles. The van der Waals surface area contributed by atoms with Crippen LogP contribution in [0.25, 0.3) is 0 Å². The van der Waals surface area contributed by atoms with E-state index in [1.165, 1.54) is 5.56 Å². The number of rotatable bonds is 5. The lowest BCUT2D eigenvalue weighted by atomic mass is 9.72. The molecule has 5 rings (SSSR count). The molecule has 2 fully saturated rings. The number of urea groups is 1. The van der Waals surface area contributed by atoms with Crippen molar-refractivity contribution in [1.29, 1.82) is 0 Å². The lowest BCUT2D eigenvalue weighted by Gasteiger charge is -2.53. The molecule has 1 aromatic heterocycles. The highest BCUT2D eigenvalue weighted by Crippen LogP contribution is 2.41. The molecule has 8 heteroatoms. The van der Waals surface area contributed by atoms with Crippen molar-refractivity contribution < 1.29 is 14.1 Å². The first-order chi connectivity index (χ1) is 16.0. The highest BCUT2D eigenvalue weighted by Gasteiger charge is 2.46. The van der Waals surface area contributed by atoms with Gasteiger partial charge in [-0.25, -0.2) is 4.79 Å². The maximum absolute atomic E-state index is 12.4. The summed E-state index contributed by atoms with van der Waals surface area (Å²) < 4.78 is 11.0. The molecule has 0 unspecified atom stereocenters. The Morgan fingerprint density at radius 1 is 1.12 bits per heavy atom. The van der Waals surface area contributed by atoms with Gasteiger partial charge in [-0.1, -0.05) is 28.9 Å². The average Bonchev–Trinajstić information content (AvgIpc) is 3.19. The topological polar surface area (TPSA) is 70.8 Å². The van der Waals surface area contributed by atoms with Gasteiger partial charge in [-0.3, -0.25) is 10.2 Å². The molecule has 2 aromatic carbocycles. The molecule has 0 aliphatic carbocycles. The van der Waals surface area contributed by atoms with E-state index in [1.807, 2.05) is 41.3 Å². The van der Waals surface area contributed by atoms with Crippen molar-refractivity contribution in [2.75, 3.05) is 31.5 Å². The smallest absolute Gasteiger partial charge is 0.323 e. The largest absolute Gasteiger partial charge is 0.457 e. The molecule has 2 amide bonds. The number of ether oxygens (including phenoxy) is 1. The molecule has 1 spiro atoms. The Hall–Kier alpha value is -3.03. The van der Waals surface area contributed by atoms with E-state index in [9.17, 15) is 4.79 Å². The zero-order chi connectivity index (χ0) is 22.8. The van der Waals surface area contributed by atoms with Crippen molar-refractivity contribution in [2.24, 2.45) is 5.41 Å². The molecular weight excluding hydrogens is 440 g/mol. The molecular formula is C25H27ClN4O3. The third kappa shape index (κ3) is 5.15. The van der Waals surface area contributed by atoms with E-state index in [1.54, 1.807) is 13.0 Å². The maximum atomic E-state index is 12.4. The Morgan fingerprint density at radius 3 is 2.58 bits per heavy atom. The molecule has 172 valence electrons. The molecule has 0 saturated carbocycles. The number of likely N-dealkylation sites (tertiary alicyclic amines) is 2. The van der Waals surface area contributed by atoms with Crippen molar-refractivity contribution in [2.45, 2.75) is 26.3 Å². The van der Waals surface area contributed by atoms with E-state index < -0.39 is 0 Å². The van der Waals surface area contributed by atoms with Gasteiger partial charge in [0, 0.05) is 36.1 Å². The van der Waals surface area contributed by atoms with Crippen molar-refractivity contribution in [3.05, 3.63) is 70.9 Å². The maximum Gasteiger partial charge on any atom is 0.323 e. The number of nitrogens with zero attached hydrogens (tertiary/aromatic N) is 3. The standard InChI is InChI=1S/C25H27ClN4O3/c1-18-13-23(28-33-18)27-24(31)30-16-25(17-30)9-11-29(12-10-25)15-19-3-2-4-22(14-19)32-21-7-5-20(26)6-8-21/h2-8,13-14H,9-12,15-17H2,1H3,(H,27,28,31). The summed E-state index contributed by atoms with van der Waals surface area (Å²) in [5, 5.41) is 7.33. The summed E-state index contributed by atoms with van der Waals surface area (Å²) in [6.45, 7) is 6.35. The van der Waals surface area contributed by atoms with Gasteiger partial charge in [0.25, 0.3) is 0 Å². The number of carbonyl (C=O) groups excluding carboxylic acids is 1. The predicted octanol–water partition coefficient (Wildman–Crippen LogP) is 5.56. The minimum atomic E-state index is -0.103. The summed E-state index contributed by atoms with van der Waals surface area (Å²) in [5.41, 5.74) is 1.47. The van der Waals surface area contributed by atoms with E-state index in [-0.39, 0.29) is 11.4 Å². The molecule has 0 bridgehead atoms. The number of halogens is 1. The first-order valence-corrected chi connectivity index (χ1v) is 11.6. The molecule has 1 N–H and O–H groups in total. The van der Waals surface area contributed by atoms with E-state index in [4.69, 9.17) is 20.9 Å². The van der Waals surface area contributed by atoms with Crippen LogP contribution < -0.4 is 10.1 Å². The number of amides is 2. The second kappa shape index (κ2) is 9.08. The van der Waals surface area contributed by atoms with Crippen LogP contribution in [-0.4, -0.2) is 47.2 Å². The Labute approximate surface area is 198 Å². The zero-order valence-electron chi connectivity index (χ0n) is 18.6. The van der Waals surface area contributed by atoms with Gasteiger partial charge >= 0.3 is 6.03 Å². The fourth-order valence-corrected chi connectivity index (χ4v) is 4.75. The van der Waals surface area contributed by atoms with Gasteiger partial charge in [-0.05, 0) is 74.8 Å². The van der Waals surface area contributed by atoms with Crippen molar-refractivity contribution in [1.82, 2.24) is 15.0 Å². The lowest BCUT2D eigenvalue weighted by Crippen LogP contribution is -2.62. The van der Waals surface area contributed by atoms with Gasteiger partial charge in [-0.2, -0.15) is 0 Å². The number of carbonyl (C=O) groups is 1. The number of piperidine rings is 1. The summed E-state index contributed by atoms with van der Waals surface area (Å²) >= 11 is 5.95. The van der Waals surface area contributed by atoms with E-state index in [0.29, 0.717) is 16.6 Å². The van der Waals surface area contributed by atoms with Crippen LogP contribution in [-0.2, 0) is 6.54 Å². The molecule has 3 aromatic rings. The van der Waals surface area contributed by atoms with E-state index >= 15 is 0 Å². The summed E-state index contributed by atoms with van der Waals surface area (Å²) in [6, 6.07) is 17.2. The van der Waals surface area contributed by atoms with Crippen LogP contribution in [0.1, 0.15) is 24.2 Å². The summed E-state index contributed by atoms with van der Waals surface area (Å²) in [5.74, 6) is 2.75. The zero-order valence-corrected chi connectivity index (χ0v) is 19.3.